The predicted molar refractivity (Wildman–Crippen MR) is 84.1 cm³/mol. The summed E-state index contributed by atoms with van der Waals surface area (Å²) in [5, 5.41) is 16.1. The van der Waals surface area contributed by atoms with Crippen molar-refractivity contribution >= 4 is 11.8 Å². The van der Waals surface area contributed by atoms with Crippen LogP contribution in [0.25, 0.3) is 0 Å². The summed E-state index contributed by atoms with van der Waals surface area (Å²) in [6, 6.07) is 4.02. The molecule has 0 saturated carbocycles. The third kappa shape index (κ3) is 5.09. The Labute approximate surface area is 129 Å². The van der Waals surface area contributed by atoms with E-state index in [9.17, 15) is 0 Å². The third-order valence-electron chi connectivity index (χ3n) is 3.01. The largest absolute Gasteiger partial charge is 0.315 e. The molecule has 0 atom stereocenters. The molecule has 0 aliphatic rings. The Morgan fingerprint density at radius 1 is 1.38 bits per heavy atom. The molecular formula is C14H22N6S. The molecule has 2 heterocycles. The van der Waals surface area contributed by atoms with Crippen LogP contribution >= 0.6 is 11.8 Å². The van der Waals surface area contributed by atoms with E-state index >= 15 is 0 Å². The van der Waals surface area contributed by atoms with Crippen molar-refractivity contribution in [1.82, 2.24) is 30.5 Å². The fourth-order valence-corrected chi connectivity index (χ4v) is 2.76. The number of thioether (sulfide) groups is 1. The number of hydrogen-bond acceptors (Lipinski definition) is 6. The lowest BCUT2D eigenvalue weighted by Gasteiger charge is -2.08. The van der Waals surface area contributed by atoms with Crippen molar-refractivity contribution < 1.29 is 0 Å². The second-order valence-corrected chi connectivity index (χ2v) is 6.28. The van der Waals surface area contributed by atoms with Gasteiger partial charge in [-0.2, -0.15) is 0 Å². The molecular weight excluding hydrogens is 284 g/mol. The third-order valence-corrected chi connectivity index (χ3v) is 3.98. The van der Waals surface area contributed by atoms with Crippen LogP contribution in [-0.4, -0.2) is 38.3 Å². The summed E-state index contributed by atoms with van der Waals surface area (Å²) in [6.07, 6.45) is 1.82. The van der Waals surface area contributed by atoms with E-state index < -0.39 is 0 Å². The van der Waals surface area contributed by atoms with Gasteiger partial charge in [-0.25, -0.2) is 4.68 Å². The minimum atomic E-state index is 0.653. The Bertz CT molecular complexity index is 554. The molecule has 0 aromatic carbocycles. The standard InChI is InChI=1S/C14H22N6S/c1-11(2)9-15-7-8-20-14(17-18-19-20)21-10-13-12(3)5-4-6-16-13/h4-6,11,15H,7-10H2,1-3H3. The molecule has 21 heavy (non-hydrogen) atoms. The van der Waals surface area contributed by atoms with Crippen LogP contribution < -0.4 is 5.32 Å². The molecule has 2 aromatic heterocycles. The Kier molecular flexibility index (Phi) is 6.13. The molecule has 1 N–H and O–H groups in total. The molecule has 2 aromatic rings. The smallest absolute Gasteiger partial charge is 0.209 e. The summed E-state index contributed by atoms with van der Waals surface area (Å²) in [6.45, 7) is 9.13. The Hall–Kier alpha value is -1.47. The second kappa shape index (κ2) is 8.09. The summed E-state index contributed by atoms with van der Waals surface area (Å²) < 4.78 is 1.84. The number of aryl methyl sites for hydroxylation is 1. The van der Waals surface area contributed by atoms with Crippen LogP contribution in [0.2, 0.25) is 0 Å². The molecule has 6 nitrogen and oxygen atoms in total. The van der Waals surface area contributed by atoms with Gasteiger partial charge in [0.15, 0.2) is 0 Å². The van der Waals surface area contributed by atoms with Gasteiger partial charge < -0.3 is 5.32 Å². The minimum absolute atomic E-state index is 0.653. The number of pyridine rings is 1. The van der Waals surface area contributed by atoms with Crippen molar-refractivity contribution in [3.8, 4) is 0 Å². The Morgan fingerprint density at radius 2 is 2.24 bits per heavy atom. The SMILES string of the molecule is Cc1cccnc1CSc1nnnn1CCNCC(C)C. The van der Waals surface area contributed by atoms with Crippen LogP contribution in [-0.2, 0) is 12.3 Å². The van der Waals surface area contributed by atoms with Gasteiger partial charge in [0.25, 0.3) is 0 Å². The van der Waals surface area contributed by atoms with E-state index in [2.05, 4.69) is 52.7 Å². The van der Waals surface area contributed by atoms with Gasteiger partial charge in [0.1, 0.15) is 0 Å². The average molecular weight is 306 g/mol. The quantitative estimate of drug-likeness (QED) is 0.593. The maximum absolute atomic E-state index is 4.39. The first-order chi connectivity index (χ1) is 10.2. The van der Waals surface area contributed by atoms with Crippen LogP contribution in [0.15, 0.2) is 23.5 Å². The van der Waals surface area contributed by atoms with Gasteiger partial charge in [0, 0.05) is 18.5 Å². The van der Waals surface area contributed by atoms with Crippen molar-refractivity contribution in [2.24, 2.45) is 5.92 Å². The molecule has 0 fully saturated rings. The molecule has 0 spiro atoms. The molecule has 0 amide bonds. The summed E-state index contributed by atoms with van der Waals surface area (Å²) in [5.41, 5.74) is 2.28. The maximum Gasteiger partial charge on any atom is 0.209 e. The molecule has 0 aliphatic heterocycles. The van der Waals surface area contributed by atoms with Gasteiger partial charge in [-0.05, 0) is 41.4 Å². The number of nitrogens with zero attached hydrogens (tertiary/aromatic N) is 5. The van der Waals surface area contributed by atoms with E-state index in [0.29, 0.717) is 5.92 Å². The zero-order chi connectivity index (χ0) is 15.1. The first kappa shape index (κ1) is 15.9. The Morgan fingerprint density at radius 3 is 3.00 bits per heavy atom. The number of tetrazole rings is 1. The van der Waals surface area contributed by atoms with E-state index in [1.165, 1.54) is 5.56 Å². The van der Waals surface area contributed by atoms with Crippen LogP contribution in [0, 0.1) is 12.8 Å². The lowest BCUT2D eigenvalue weighted by atomic mass is 10.2. The highest BCUT2D eigenvalue weighted by molar-refractivity contribution is 7.98. The molecule has 0 aliphatic carbocycles. The van der Waals surface area contributed by atoms with Gasteiger partial charge in [-0.1, -0.05) is 31.7 Å². The summed E-state index contributed by atoms with van der Waals surface area (Å²) in [5.74, 6) is 1.44. The molecule has 7 heteroatoms. The fourth-order valence-electron chi connectivity index (χ4n) is 1.82. The number of rotatable bonds is 8. The van der Waals surface area contributed by atoms with Gasteiger partial charge in [0.2, 0.25) is 5.16 Å². The van der Waals surface area contributed by atoms with Gasteiger partial charge in [-0.3, -0.25) is 4.98 Å². The second-order valence-electron chi connectivity index (χ2n) is 5.34. The topological polar surface area (TPSA) is 68.5 Å². The van der Waals surface area contributed by atoms with Crippen molar-refractivity contribution in [1.29, 1.82) is 0 Å². The van der Waals surface area contributed by atoms with Crippen molar-refractivity contribution in [2.75, 3.05) is 13.1 Å². The molecule has 114 valence electrons. The lowest BCUT2D eigenvalue weighted by Crippen LogP contribution is -2.24. The minimum Gasteiger partial charge on any atom is -0.315 e. The molecule has 0 radical (unpaired) electrons. The maximum atomic E-state index is 4.39. The molecule has 0 unspecified atom stereocenters. The van der Waals surface area contributed by atoms with E-state index in [0.717, 1.165) is 36.2 Å². The highest BCUT2D eigenvalue weighted by Crippen LogP contribution is 2.20. The van der Waals surface area contributed by atoms with Crippen LogP contribution in [0.1, 0.15) is 25.1 Å². The monoisotopic (exact) mass is 306 g/mol. The van der Waals surface area contributed by atoms with Gasteiger partial charge in [0.05, 0.1) is 12.2 Å². The first-order valence-corrected chi connectivity index (χ1v) is 8.15. The van der Waals surface area contributed by atoms with Crippen molar-refractivity contribution in [3.63, 3.8) is 0 Å². The summed E-state index contributed by atoms with van der Waals surface area (Å²) in [7, 11) is 0. The van der Waals surface area contributed by atoms with E-state index in [1.54, 1.807) is 11.8 Å². The van der Waals surface area contributed by atoms with Crippen LogP contribution in [0.3, 0.4) is 0 Å². The highest BCUT2D eigenvalue weighted by Gasteiger charge is 2.08. The zero-order valence-electron chi connectivity index (χ0n) is 12.8. The molecule has 2 rings (SSSR count). The van der Waals surface area contributed by atoms with E-state index in [4.69, 9.17) is 0 Å². The Balaban J connectivity index is 1.84. The fraction of sp³-hybridized carbons (Fsp3) is 0.571. The number of hydrogen-bond donors (Lipinski definition) is 1. The first-order valence-electron chi connectivity index (χ1n) is 7.17. The normalized spacial score (nSPS) is 11.2. The van der Waals surface area contributed by atoms with Gasteiger partial charge >= 0.3 is 0 Å². The zero-order valence-corrected chi connectivity index (χ0v) is 13.6. The van der Waals surface area contributed by atoms with Crippen molar-refractivity contribution in [2.45, 2.75) is 38.2 Å². The van der Waals surface area contributed by atoms with Crippen LogP contribution in [0.5, 0.6) is 0 Å². The molecule has 0 bridgehead atoms. The summed E-state index contributed by atoms with van der Waals surface area (Å²) in [4.78, 5) is 4.39. The number of aromatic nitrogens is 5. The summed E-state index contributed by atoms with van der Waals surface area (Å²) >= 11 is 1.62. The van der Waals surface area contributed by atoms with Gasteiger partial charge in [-0.15, -0.1) is 5.10 Å². The average Bonchev–Trinajstić information content (AvgIpc) is 2.90. The lowest BCUT2D eigenvalue weighted by molar-refractivity contribution is 0.482. The van der Waals surface area contributed by atoms with E-state index in [1.807, 2.05) is 16.9 Å². The van der Waals surface area contributed by atoms with E-state index in [-0.39, 0.29) is 0 Å². The number of nitrogens with one attached hydrogen (secondary N) is 1. The van der Waals surface area contributed by atoms with Crippen LogP contribution in [0.4, 0.5) is 0 Å². The molecule has 0 saturated heterocycles. The van der Waals surface area contributed by atoms with Crippen molar-refractivity contribution in [3.05, 3.63) is 29.6 Å². The predicted octanol–water partition coefficient (Wildman–Crippen LogP) is 1.91. The highest BCUT2D eigenvalue weighted by atomic mass is 32.2.